The van der Waals surface area contributed by atoms with Crippen LogP contribution < -0.4 is 10.6 Å². The fourth-order valence-electron chi connectivity index (χ4n) is 4.20. The number of ether oxygens (including phenoxy) is 1. The number of carbonyl (C=O) groups is 3. The van der Waals surface area contributed by atoms with Crippen LogP contribution >= 0.6 is 0 Å². The lowest BCUT2D eigenvalue weighted by atomic mass is 9.85. The highest BCUT2D eigenvalue weighted by atomic mass is 16.6. The Morgan fingerprint density at radius 1 is 1.11 bits per heavy atom. The smallest absolute Gasteiger partial charge is 0.410 e. The minimum absolute atomic E-state index is 0.112. The third kappa shape index (κ3) is 7.32. The number of nitriles is 1. The fraction of sp³-hybridized carbons (Fsp3) is 0.429. The van der Waals surface area contributed by atoms with Gasteiger partial charge < -0.3 is 15.4 Å². The Bertz CT molecular complexity index is 1100. The van der Waals surface area contributed by atoms with Crippen molar-refractivity contribution in [3.8, 4) is 6.07 Å². The van der Waals surface area contributed by atoms with E-state index in [1.807, 2.05) is 30.3 Å². The third-order valence-electron chi connectivity index (χ3n) is 6.11. The van der Waals surface area contributed by atoms with Gasteiger partial charge in [-0.1, -0.05) is 42.5 Å². The van der Waals surface area contributed by atoms with Crippen LogP contribution in [-0.2, 0) is 20.9 Å². The van der Waals surface area contributed by atoms with Gasteiger partial charge >= 0.3 is 6.09 Å². The highest BCUT2D eigenvalue weighted by Crippen LogP contribution is 2.32. The van der Waals surface area contributed by atoms with E-state index < -0.39 is 23.8 Å². The van der Waals surface area contributed by atoms with Crippen LogP contribution in [0, 0.1) is 11.3 Å². The van der Waals surface area contributed by atoms with Gasteiger partial charge in [0.25, 0.3) is 0 Å². The highest BCUT2D eigenvalue weighted by molar-refractivity contribution is 5.91. The Kier molecular flexibility index (Phi) is 8.70. The molecule has 36 heavy (non-hydrogen) atoms. The third-order valence-corrected chi connectivity index (χ3v) is 6.11. The maximum Gasteiger partial charge on any atom is 0.410 e. The van der Waals surface area contributed by atoms with Crippen LogP contribution in [0.1, 0.15) is 63.1 Å². The van der Waals surface area contributed by atoms with Gasteiger partial charge in [0.1, 0.15) is 17.7 Å². The molecule has 0 radical (unpaired) electrons. The SMILES string of the molecule is C[C@H](NC(=O)[C@H]1C[C@@H](c2ccccc2)CCN1C(=O)OC(C)(C)C)C(=O)NCc1ccc(C#N)cc1. The summed E-state index contributed by atoms with van der Waals surface area (Å²) < 4.78 is 5.56. The van der Waals surface area contributed by atoms with E-state index in [2.05, 4.69) is 16.7 Å². The Morgan fingerprint density at radius 3 is 2.39 bits per heavy atom. The second-order valence-corrected chi connectivity index (χ2v) is 10.1. The largest absolute Gasteiger partial charge is 0.444 e. The van der Waals surface area contributed by atoms with Crippen molar-refractivity contribution in [2.45, 2.75) is 70.7 Å². The fourth-order valence-corrected chi connectivity index (χ4v) is 4.20. The molecule has 0 spiro atoms. The maximum absolute atomic E-state index is 13.3. The molecule has 2 aromatic carbocycles. The predicted molar refractivity (Wildman–Crippen MR) is 136 cm³/mol. The zero-order valence-corrected chi connectivity index (χ0v) is 21.3. The number of carbonyl (C=O) groups excluding carboxylic acids is 3. The molecule has 1 aliphatic rings. The molecule has 3 atom stereocenters. The summed E-state index contributed by atoms with van der Waals surface area (Å²) in [6, 6.07) is 17.3. The van der Waals surface area contributed by atoms with Crippen molar-refractivity contribution in [3.05, 3.63) is 71.3 Å². The molecule has 8 heteroatoms. The monoisotopic (exact) mass is 490 g/mol. The molecule has 3 amide bonds. The van der Waals surface area contributed by atoms with E-state index in [1.165, 1.54) is 4.90 Å². The molecule has 8 nitrogen and oxygen atoms in total. The second-order valence-electron chi connectivity index (χ2n) is 10.1. The zero-order valence-electron chi connectivity index (χ0n) is 21.3. The number of hydrogen-bond donors (Lipinski definition) is 2. The molecule has 1 saturated heterocycles. The first-order valence-electron chi connectivity index (χ1n) is 12.2. The van der Waals surface area contributed by atoms with Gasteiger partial charge in [-0.2, -0.15) is 5.26 Å². The minimum atomic E-state index is -0.798. The van der Waals surface area contributed by atoms with Crippen LogP contribution in [0.3, 0.4) is 0 Å². The minimum Gasteiger partial charge on any atom is -0.444 e. The summed E-state index contributed by atoms with van der Waals surface area (Å²) in [6.45, 7) is 7.63. The Hall–Kier alpha value is -3.86. The van der Waals surface area contributed by atoms with Crippen molar-refractivity contribution in [3.63, 3.8) is 0 Å². The van der Waals surface area contributed by atoms with Gasteiger partial charge in [-0.25, -0.2) is 4.79 Å². The van der Waals surface area contributed by atoms with Crippen molar-refractivity contribution >= 4 is 17.9 Å². The molecule has 1 heterocycles. The van der Waals surface area contributed by atoms with Crippen molar-refractivity contribution in [2.24, 2.45) is 0 Å². The Labute approximate surface area is 212 Å². The number of benzene rings is 2. The van der Waals surface area contributed by atoms with E-state index in [-0.39, 0.29) is 24.3 Å². The van der Waals surface area contributed by atoms with Crippen molar-refractivity contribution in [1.29, 1.82) is 5.26 Å². The average Bonchev–Trinajstić information content (AvgIpc) is 2.86. The molecule has 0 aromatic heterocycles. The number of piperidine rings is 1. The molecule has 0 bridgehead atoms. The molecule has 3 rings (SSSR count). The maximum atomic E-state index is 13.3. The molecule has 2 N–H and O–H groups in total. The molecular weight excluding hydrogens is 456 g/mol. The summed E-state index contributed by atoms with van der Waals surface area (Å²) >= 11 is 0. The van der Waals surface area contributed by atoms with E-state index in [1.54, 1.807) is 52.0 Å². The van der Waals surface area contributed by atoms with Crippen molar-refractivity contribution in [1.82, 2.24) is 15.5 Å². The summed E-state index contributed by atoms with van der Waals surface area (Å²) in [4.78, 5) is 40.4. The first kappa shape index (κ1) is 26.7. The molecule has 2 aromatic rings. The number of nitrogens with one attached hydrogen (secondary N) is 2. The normalized spacial score (nSPS) is 18.5. The van der Waals surface area contributed by atoms with Gasteiger partial charge in [-0.15, -0.1) is 0 Å². The van der Waals surface area contributed by atoms with E-state index in [9.17, 15) is 14.4 Å². The summed E-state index contributed by atoms with van der Waals surface area (Å²) in [7, 11) is 0. The van der Waals surface area contributed by atoms with E-state index >= 15 is 0 Å². The second kappa shape index (κ2) is 11.7. The number of rotatable bonds is 6. The Morgan fingerprint density at radius 2 is 1.78 bits per heavy atom. The van der Waals surface area contributed by atoms with Crippen molar-refractivity contribution < 1.29 is 19.1 Å². The lowest BCUT2D eigenvalue weighted by Crippen LogP contribution is -2.57. The predicted octanol–water partition coefficient (Wildman–Crippen LogP) is 3.86. The topological polar surface area (TPSA) is 112 Å². The summed E-state index contributed by atoms with van der Waals surface area (Å²) in [5.41, 5.74) is 1.82. The van der Waals surface area contributed by atoms with Gasteiger partial charge in [-0.05, 0) is 69.7 Å². The first-order valence-corrected chi connectivity index (χ1v) is 12.2. The average molecular weight is 491 g/mol. The Balaban J connectivity index is 1.67. The van der Waals surface area contributed by atoms with Gasteiger partial charge in [-0.3, -0.25) is 14.5 Å². The summed E-state index contributed by atoms with van der Waals surface area (Å²) in [5, 5.41) is 14.5. The summed E-state index contributed by atoms with van der Waals surface area (Å²) in [5.74, 6) is -0.615. The van der Waals surface area contributed by atoms with Gasteiger partial charge in [0, 0.05) is 13.1 Å². The first-order chi connectivity index (χ1) is 17.1. The molecule has 0 aliphatic carbocycles. The molecular formula is C28H34N4O4. The van der Waals surface area contributed by atoms with Crippen LogP contribution in [0.25, 0.3) is 0 Å². The van der Waals surface area contributed by atoms with E-state index in [4.69, 9.17) is 10.00 Å². The van der Waals surface area contributed by atoms with Crippen LogP contribution in [0.15, 0.2) is 54.6 Å². The van der Waals surface area contributed by atoms with Crippen LogP contribution in [0.2, 0.25) is 0 Å². The zero-order chi connectivity index (χ0) is 26.3. The molecule has 190 valence electrons. The van der Waals surface area contributed by atoms with Crippen LogP contribution in [0.4, 0.5) is 4.79 Å². The van der Waals surface area contributed by atoms with E-state index in [0.29, 0.717) is 24.9 Å². The molecule has 0 unspecified atom stereocenters. The van der Waals surface area contributed by atoms with Crippen LogP contribution in [0.5, 0.6) is 0 Å². The molecule has 1 aliphatic heterocycles. The lowest BCUT2D eigenvalue weighted by Gasteiger charge is -2.39. The molecule has 0 saturated carbocycles. The van der Waals surface area contributed by atoms with Gasteiger partial charge in [0.15, 0.2) is 0 Å². The highest BCUT2D eigenvalue weighted by Gasteiger charge is 2.39. The standard InChI is InChI=1S/C28H34N4O4/c1-19(25(33)30-18-21-12-10-20(17-29)11-13-21)31-26(34)24-16-23(22-8-6-5-7-9-22)14-15-32(24)27(35)36-28(2,3)4/h5-13,19,23-24H,14-16,18H2,1-4H3,(H,30,33)(H,31,34)/t19-,23-,24+/m0/s1. The van der Waals surface area contributed by atoms with Gasteiger partial charge in [0.2, 0.25) is 11.8 Å². The van der Waals surface area contributed by atoms with Crippen LogP contribution in [-0.4, -0.2) is 47.0 Å². The lowest BCUT2D eigenvalue weighted by molar-refractivity contribution is -0.132. The quantitative estimate of drug-likeness (QED) is 0.639. The molecule has 1 fully saturated rings. The van der Waals surface area contributed by atoms with E-state index in [0.717, 1.165) is 11.1 Å². The number of likely N-dealkylation sites (tertiary alicyclic amines) is 1. The summed E-state index contributed by atoms with van der Waals surface area (Å²) in [6.07, 6.45) is 0.620. The van der Waals surface area contributed by atoms with Gasteiger partial charge in [0.05, 0.1) is 11.6 Å². The number of hydrogen-bond acceptors (Lipinski definition) is 5. The number of amides is 3. The number of nitrogens with zero attached hydrogens (tertiary/aromatic N) is 2. The van der Waals surface area contributed by atoms with Crippen molar-refractivity contribution in [2.75, 3.05) is 6.54 Å².